The molecule has 6 heteroatoms. The number of ether oxygens (including phenoxy) is 2. The van der Waals surface area contributed by atoms with Crippen LogP contribution < -0.4 is 20.9 Å². The van der Waals surface area contributed by atoms with Crippen LogP contribution in [0.1, 0.15) is 0 Å². The summed E-state index contributed by atoms with van der Waals surface area (Å²) in [7, 11) is 2.87. The van der Waals surface area contributed by atoms with Gasteiger partial charge >= 0.3 is 11.4 Å². The molecule has 0 amide bonds. The maximum atomic E-state index is 11.3. The highest BCUT2D eigenvalue weighted by Crippen LogP contribution is 2.30. The van der Waals surface area contributed by atoms with Crippen molar-refractivity contribution in [1.82, 2.24) is 0 Å². The molecular weight excluding hydrogens is 216 g/mol. The summed E-state index contributed by atoms with van der Waals surface area (Å²) in [6.07, 6.45) is 0. The van der Waals surface area contributed by atoms with Crippen LogP contribution in [0.15, 0.2) is 30.6 Å². The maximum absolute atomic E-state index is 11.3. The average Bonchev–Trinajstić information content (AvgIpc) is 2.27. The van der Waals surface area contributed by atoms with E-state index >= 15 is 0 Å². The molecule has 0 spiro atoms. The lowest BCUT2D eigenvalue weighted by Gasteiger charge is -2.06. The van der Waals surface area contributed by atoms with Gasteiger partial charge in [-0.1, -0.05) is 0 Å². The first kappa shape index (κ1) is 10.3. The molecule has 0 saturated carbocycles. The van der Waals surface area contributed by atoms with Crippen LogP contribution in [0, 0.1) is 0 Å². The minimum Gasteiger partial charge on any atom is -0.493 e. The third kappa shape index (κ3) is 1.54. The van der Waals surface area contributed by atoms with Crippen molar-refractivity contribution < 1.29 is 18.3 Å². The third-order valence-corrected chi connectivity index (χ3v) is 2.07. The van der Waals surface area contributed by atoms with Crippen LogP contribution in [0.4, 0.5) is 0 Å². The number of benzene rings is 1. The summed E-state index contributed by atoms with van der Waals surface area (Å²) in [5, 5.41) is 0.122. The van der Waals surface area contributed by atoms with E-state index in [-0.39, 0.29) is 11.0 Å². The maximum Gasteiger partial charge on any atom is 0.522 e. The SMILES string of the molecule is COc1cc2oc(=O)oc(=O)c2cc1OC. The molecule has 1 aromatic carbocycles. The topological polar surface area (TPSA) is 78.9 Å². The van der Waals surface area contributed by atoms with Gasteiger partial charge in [0.05, 0.1) is 14.2 Å². The summed E-state index contributed by atoms with van der Waals surface area (Å²) in [6, 6.07) is 2.79. The Bertz CT molecular complexity index is 636. The largest absolute Gasteiger partial charge is 0.522 e. The summed E-state index contributed by atoms with van der Waals surface area (Å²) >= 11 is 0. The molecule has 0 aliphatic carbocycles. The van der Waals surface area contributed by atoms with Gasteiger partial charge in [0, 0.05) is 12.1 Å². The first-order valence-corrected chi connectivity index (χ1v) is 4.35. The van der Waals surface area contributed by atoms with Gasteiger partial charge in [0.2, 0.25) is 0 Å². The van der Waals surface area contributed by atoms with E-state index in [9.17, 15) is 9.59 Å². The summed E-state index contributed by atoms with van der Waals surface area (Å²) in [5.74, 6) is -0.329. The van der Waals surface area contributed by atoms with Crippen molar-refractivity contribution in [1.29, 1.82) is 0 Å². The Balaban J connectivity index is 2.88. The Morgan fingerprint density at radius 1 is 1.00 bits per heavy atom. The predicted molar refractivity (Wildman–Crippen MR) is 54.1 cm³/mol. The molecular formula is C10H8O6. The van der Waals surface area contributed by atoms with Crippen molar-refractivity contribution in [2.75, 3.05) is 14.2 Å². The molecule has 0 aliphatic rings. The van der Waals surface area contributed by atoms with Crippen LogP contribution >= 0.6 is 0 Å². The van der Waals surface area contributed by atoms with E-state index in [0.29, 0.717) is 11.5 Å². The Morgan fingerprint density at radius 3 is 2.25 bits per heavy atom. The monoisotopic (exact) mass is 224 g/mol. The number of rotatable bonds is 2. The van der Waals surface area contributed by atoms with Gasteiger partial charge in [0.25, 0.3) is 0 Å². The lowest BCUT2D eigenvalue weighted by molar-refractivity contribution is 0.324. The van der Waals surface area contributed by atoms with Crippen LogP contribution in [0.25, 0.3) is 11.0 Å². The summed E-state index contributed by atoms with van der Waals surface area (Å²) in [6.45, 7) is 0. The molecule has 2 aromatic rings. The molecule has 0 aliphatic heterocycles. The van der Waals surface area contributed by atoms with Crippen LogP contribution in [-0.2, 0) is 0 Å². The highest BCUT2D eigenvalue weighted by Gasteiger charge is 2.11. The standard InChI is InChI=1S/C10H8O6/c1-13-7-3-5-6(4-8(7)14-2)15-10(12)16-9(5)11/h3-4H,1-2H3. The van der Waals surface area contributed by atoms with Crippen molar-refractivity contribution >= 4 is 11.0 Å². The van der Waals surface area contributed by atoms with Gasteiger partial charge in [-0.05, 0) is 0 Å². The predicted octanol–water partition coefficient (Wildman–Crippen LogP) is 0.763. The van der Waals surface area contributed by atoms with Gasteiger partial charge in [-0.15, -0.1) is 0 Å². The van der Waals surface area contributed by atoms with E-state index in [0.717, 1.165) is 0 Å². The molecule has 16 heavy (non-hydrogen) atoms. The van der Waals surface area contributed by atoms with Gasteiger partial charge in [-0.25, -0.2) is 9.59 Å². The van der Waals surface area contributed by atoms with Crippen molar-refractivity contribution in [3.05, 3.63) is 33.2 Å². The number of methoxy groups -OCH3 is 2. The van der Waals surface area contributed by atoms with Gasteiger partial charge < -0.3 is 18.3 Å². The average molecular weight is 224 g/mol. The van der Waals surface area contributed by atoms with E-state index in [1.54, 1.807) is 0 Å². The fourth-order valence-electron chi connectivity index (χ4n) is 1.35. The highest BCUT2D eigenvalue weighted by molar-refractivity contribution is 5.79. The molecule has 0 unspecified atom stereocenters. The van der Waals surface area contributed by atoms with Crippen LogP contribution in [0.3, 0.4) is 0 Å². The van der Waals surface area contributed by atoms with E-state index in [4.69, 9.17) is 13.9 Å². The second-order valence-corrected chi connectivity index (χ2v) is 2.94. The lowest BCUT2D eigenvalue weighted by atomic mass is 10.2. The van der Waals surface area contributed by atoms with Crippen molar-refractivity contribution in [3.63, 3.8) is 0 Å². The fraction of sp³-hybridized carbons (Fsp3) is 0.200. The zero-order valence-electron chi connectivity index (χ0n) is 8.60. The van der Waals surface area contributed by atoms with Crippen molar-refractivity contribution in [2.24, 2.45) is 0 Å². The fourth-order valence-corrected chi connectivity index (χ4v) is 1.35. The molecule has 0 N–H and O–H groups in total. The quantitative estimate of drug-likeness (QED) is 0.749. The molecule has 0 saturated heterocycles. The Hall–Kier alpha value is -2.24. The smallest absolute Gasteiger partial charge is 0.493 e. The molecule has 6 nitrogen and oxygen atoms in total. The second-order valence-electron chi connectivity index (χ2n) is 2.94. The van der Waals surface area contributed by atoms with Gasteiger partial charge in [-0.3, -0.25) is 0 Å². The summed E-state index contributed by atoms with van der Waals surface area (Å²) in [5.41, 5.74) is -0.675. The van der Waals surface area contributed by atoms with Gasteiger partial charge in [-0.2, -0.15) is 0 Å². The van der Waals surface area contributed by atoms with Crippen molar-refractivity contribution in [3.8, 4) is 11.5 Å². The Labute approximate surface area is 89.0 Å². The molecule has 0 radical (unpaired) electrons. The Kier molecular flexibility index (Phi) is 2.40. The highest BCUT2D eigenvalue weighted by atomic mass is 16.6. The second kappa shape index (κ2) is 3.73. The van der Waals surface area contributed by atoms with E-state index in [1.165, 1.54) is 26.4 Å². The zero-order chi connectivity index (χ0) is 11.7. The number of fused-ring (bicyclic) bond motifs is 1. The summed E-state index contributed by atoms with van der Waals surface area (Å²) in [4.78, 5) is 22.2. The Morgan fingerprint density at radius 2 is 1.62 bits per heavy atom. The first-order valence-electron chi connectivity index (χ1n) is 4.35. The molecule has 84 valence electrons. The molecule has 0 fully saturated rings. The molecule has 1 heterocycles. The van der Waals surface area contributed by atoms with Crippen LogP contribution in [-0.4, -0.2) is 14.2 Å². The zero-order valence-corrected chi connectivity index (χ0v) is 8.60. The number of hydrogen-bond donors (Lipinski definition) is 0. The number of hydrogen-bond acceptors (Lipinski definition) is 6. The van der Waals surface area contributed by atoms with Crippen LogP contribution in [0.2, 0.25) is 0 Å². The van der Waals surface area contributed by atoms with Crippen molar-refractivity contribution in [2.45, 2.75) is 0 Å². The molecule has 2 rings (SSSR count). The third-order valence-electron chi connectivity index (χ3n) is 2.07. The van der Waals surface area contributed by atoms with Crippen LogP contribution in [0.5, 0.6) is 11.5 Å². The molecule has 0 atom stereocenters. The normalized spacial score (nSPS) is 10.4. The molecule has 1 aromatic heterocycles. The minimum atomic E-state index is -1.05. The van der Waals surface area contributed by atoms with E-state index in [2.05, 4.69) is 4.42 Å². The van der Waals surface area contributed by atoms with E-state index < -0.39 is 11.4 Å². The minimum absolute atomic E-state index is 0.0962. The molecule has 0 bridgehead atoms. The lowest BCUT2D eigenvalue weighted by Crippen LogP contribution is -2.10. The van der Waals surface area contributed by atoms with E-state index in [1.807, 2.05) is 0 Å². The van der Waals surface area contributed by atoms with Gasteiger partial charge in [0.15, 0.2) is 17.1 Å². The first-order chi connectivity index (χ1) is 7.65. The summed E-state index contributed by atoms with van der Waals surface area (Å²) < 4.78 is 19.0. The van der Waals surface area contributed by atoms with Gasteiger partial charge in [0.1, 0.15) is 5.39 Å².